The Bertz CT molecular complexity index is 1160. The number of nitrogens with two attached hydrogens (primary N) is 1. The van der Waals surface area contributed by atoms with Crippen molar-refractivity contribution in [3.8, 4) is 5.69 Å². The molecule has 1 heterocycles. The van der Waals surface area contributed by atoms with E-state index in [0.29, 0.717) is 10.6 Å². The quantitative estimate of drug-likeness (QED) is 0.659. The van der Waals surface area contributed by atoms with Gasteiger partial charge in [0, 0.05) is 10.7 Å². The van der Waals surface area contributed by atoms with Crippen LogP contribution in [0.3, 0.4) is 0 Å². The molecule has 0 aliphatic heterocycles. The molecule has 10 heteroatoms. The zero-order valence-electron chi connectivity index (χ0n) is 14.7. The molecule has 0 bridgehead atoms. The van der Waals surface area contributed by atoms with E-state index in [9.17, 15) is 17.6 Å². The van der Waals surface area contributed by atoms with Crippen molar-refractivity contribution in [2.45, 2.75) is 18.2 Å². The first-order chi connectivity index (χ1) is 13.1. The van der Waals surface area contributed by atoms with Gasteiger partial charge in [0.1, 0.15) is 4.90 Å². The van der Waals surface area contributed by atoms with Gasteiger partial charge in [0.25, 0.3) is 0 Å². The molecular weight excluding hydrogens is 407 g/mol. The average Bonchev–Trinajstić information content (AvgIpc) is 3.03. The van der Waals surface area contributed by atoms with Crippen LogP contribution in [0.4, 0.5) is 10.1 Å². The molecule has 0 aliphatic carbocycles. The van der Waals surface area contributed by atoms with Gasteiger partial charge in [-0.1, -0.05) is 29.3 Å². The number of aromatic nitrogens is 2. The molecule has 1 aromatic heterocycles. The number of carbonyl (C=O) groups excluding carboxylic acids is 1. The Kier molecular flexibility index (Phi) is 5.50. The molecule has 0 radical (unpaired) electrons. The molecule has 2 aromatic carbocycles. The summed E-state index contributed by atoms with van der Waals surface area (Å²) in [6, 6.07) is 9.38. The van der Waals surface area contributed by atoms with E-state index in [1.54, 1.807) is 12.1 Å². The highest BCUT2D eigenvalue weighted by atomic mass is 35.5. The van der Waals surface area contributed by atoms with Gasteiger partial charge in [-0.25, -0.2) is 22.6 Å². The van der Waals surface area contributed by atoms with Gasteiger partial charge in [0.15, 0.2) is 5.82 Å². The Morgan fingerprint density at radius 2 is 2.04 bits per heavy atom. The summed E-state index contributed by atoms with van der Waals surface area (Å²) in [5.74, 6) is -1.02. The summed E-state index contributed by atoms with van der Waals surface area (Å²) in [6.07, 6.45) is 1.97. The SMILES string of the molecule is Cc1ccc(Cl)c(CC(=O)Nc2ccc(-n3cc(F)cn3)c(S(N)(=O)=O)c2)c1. The van der Waals surface area contributed by atoms with Gasteiger partial charge in [-0.2, -0.15) is 5.10 Å². The lowest BCUT2D eigenvalue weighted by Crippen LogP contribution is -2.18. The van der Waals surface area contributed by atoms with Crippen LogP contribution in [-0.2, 0) is 21.2 Å². The van der Waals surface area contributed by atoms with Gasteiger partial charge in [0.2, 0.25) is 15.9 Å². The summed E-state index contributed by atoms with van der Waals surface area (Å²) in [7, 11) is -4.16. The standard InChI is InChI=1S/C18H16ClFN4O3S/c1-11-2-4-15(19)12(6-11)7-18(25)23-14-3-5-16(17(8-14)28(21,26)27)24-10-13(20)9-22-24/h2-6,8-10H,7H2,1H3,(H,23,25)(H2,21,26,27). The van der Waals surface area contributed by atoms with Crippen molar-refractivity contribution in [2.24, 2.45) is 5.14 Å². The second-order valence-corrected chi connectivity index (χ2v) is 8.09. The predicted molar refractivity (Wildman–Crippen MR) is 103 cm³/mol. The van der Waals surface area contributed by atoms with E-state index in [0.717, 1.165) is 22.6 Å². The first-order valence-corrected chi connectivity index (χ1v) is 9.98. The predicted octanol–water partition coefficient (Wildman–Crippen LogP) is 2.80. The number of primary sulfonamides is 1. The van der Waals surface area contributed by atoms with Crippen LogP contribution in [0.1, 0.15) is 11.1 Å². The first-order valence-electron chi connectivity index (χ1n) is 8.06. The minimum Gasteiger partial charge on any atom is -0.326 e. The number of carbonyl (C=O) groups is 1. The molecular formula is C18H16ClFN4O3S. The van der Waals surface area contributed by atoms with Crippen LogP contribution < -0.4 is 10.5 Å². The molecule has 28 heavy (non-hydrogen) atoms. The summed E-state index contributed by atoms with van der Waals surface area (Å²) in [4.78, 5) is 12.0. The summed E-state index contributed by atoms with van der Waals surface area (Å²) in [5, 5.41) is 12.1. The summed E-state index contributed by atoms with van der Waals surface area (Å²) < 4.78 is 38.2. The van der Waals surface area contributed by atoms with Crippen molar-refractivity contribution in [1.29, 1.82) is 0 Å². The van der Waals surface area contributed by atoms with Crippen LogP contribution in [0.25, 0.3) is 5.69 Å². The molecule has 0 saturated heterocycles. The Morgan fingerprint density at radius 1 is 1.29 bits per heavy atom. The van der Waals surface area contributed by atoms with Gasteiger partial charge in [-0.05, 0) is 36.8 Å². The molecule has 0 saturated carbocycles. The van der Waals surface area contributed by atoms with Crippen molar-refractivity contribution in [3.63, 3.8) is 0 Å². The molecule has 0 atom stereocenters. The fourth-order valence-electron chi connectivity index (χ4n) is 2.66. The molecule has 1 amide bonds. The molecule has 7 nitrogen and oxygen atoms in total. The van der Waals surface area contributed by atoms with E-state index in [2.05, 4.69) is 10.4 Å². The highest BCUT2D eigenvalue weighted by molar-refractivity contribution is 7.89. The Morgan fingerprint density at radius 3 is 2.68 bits per heavy atom. The number of rotatable bonds is 5. The third-order valence-electron chi connectivity index (χ3n) is 3.90. The van der Waals surface area contributed by atoms with E-state index in [1.165, 1.54) is 18.2 Å². The number of hydrogen-bond acceptors (Lipinski definition) is 4. The Labute approximate surface area is 166 Å². The van der Waals surface area contributed by atoms with Gasteiger partial charge in [-0.3, -0.25) is 4.79 Å². The first kappa shape index (κ1) is 20.0. The zero-order valence-corrected chi connectivity index (χ0v) is 16.3. The normalized spacial score (nSPS) is 11.4. The Balaban J connectivity index is 1.88. The van der Waals surface area contributed by atoms with Crippen LogP contribution in [-0.4, -0.2) is 24.1 Å². The zero-order chi connectivity index (χ0) is 20.5. The van der Waals surface area contributed by atoms with Gasteiger partial charge < -0.3 is 5.32 Å². The number of nitrogens with one attached hydrogen (secondary N) is 1. The molecule has 3 rings (SSSR count). The fraction of sp³-hybridized carbons (Fsp3) is 0.111. The second-order valence-electron chi connectivity index (χ2n) is 6.15. The van der Waals surface area contributed by atoms with Crippen molar-refractivity contribution < 1.29 is 17.6 Å². The summed E-state index contributed by atoms with van der Waals surface area (Å²) in [6.45, 7) is 1.88. The second kappa shape index (κ2) is 7.70. The monoisotopic (exact) mass is 422 g/mol. The van der Waals surface area contributed by atoms with Gasteiger partial charge >= 0.3 is 0 Å². The maximum absolute atomic E-state index is 13.2. The Hall–Kier alpha value is -2.75. The third-order valence-corrected chi connectivity index (χ3v) is 5.21. The number of halogens is 2. The van der Waals surface area contributed by atoms with Gasteiger partial charge in [-0.15, -0.1) is 0 Å². The van der Waals surface area contributed by atoms with E-state index < -0.39 is 15.8 Å². The van der Waals surface area contributed by atoms with Crippen LogP contribution in [0.2, 0.25) is 5.02 Å². The van der Waals surface area contributed by atoms with Crippen molar-refractivity contribution in [3.05, 3.63) is 70.8 Å². The highest BCUT2D eigenvalue weighted by Gasteiger charge is 2.18. The third kappa shape index (κ3) is 4.56. The number of anilines is 1. The minimum absolute atomic E-state index is 0.0113. The van der Waals surface area contributed by atoms with Crippen molar-refractivity contribution in [2.75, 3.05) is 5.32 Å². The molecule has 3 N–H and O–H groups in total. The number of amides is 1. The molecule has 146 valence electrons. The average molecular weight is 423 g/mol. The number of sulfonamides is 1. The number of benzene rings is 2. The number of aryl methyl sites for hydroxylation is 1. The molecule has 3 aromatic rings. The molecule has 0 fully saturated rings. The van der Waals surface area contributed by atoms with Crippen LogP contribution in [0.5, 0.6) is 0 Å². The maximum Gasteiger partial charge on any atom is 0.240 e. The topological polar surface area (TPSA) is 107 Å². The molecule has 0 unspecified atom stereocenters. The van der Waals surface area contributed by atoms with Crippen molar-refractivity contribution >= 4 is 33.2 Å². The minimum atomic E-state index is -4.16. The lowest BCUT2D eigenvalue weighted by atomic mass is 10.1. The number of hydrogen-bond donors (Lipinski definition) is 2. The molecule has 0 spiro atoms. The van der Waals surface area contributed by atoms with Crippen LogP contribution in [0, 0.1) is 12.7 Å². The summed E-state index contributed by atoms with van der Waals surface area (Å²) in [5.41, 5.74) is 1.88. The maximum atomic E-state index is 13.2. The van der Waals surface area contributed by atoms with E-state index in [-0.39, 0.29) is 28.6 Å². The largest absolute Gasteiger partial charge is 0.326 e. The van der Waals surface area contributed by atoms with Crippen LogP contribution in [0.15, 0.2) is 53.7 Å². The highest BCUT2D eigenvalue weighted by Crippen LogP contribution is 2.24. The number of nitrogens with zero attached hydrogens (tertiary/aromatic N) is 2. The van der Waals surface area contributed by atoms with Crippen molar-refractivity contribution in [1.82, 2.24) is 9.78 Å². The lowest BCUT2D eigenvalue weighted by molar-refractivity contribution is -0.115. The smallest absolute Gasteiger partial charge is 0.240 e. The summed E-state index contributed by atoms with van der Waals surface area (Å²) >= 11 is 6.10. The molecule has 0 aliphatic rings. The van der Waals surface area contributed by atoms with E-state index in [1.807, 2.05) is 13.0 Å². The van der Waals surface area contributed by atoms with E-state index in [4.69, 9.17) is 16.7 Å². The van der Waals surface area contributed by atoms with Gasteiger partial charge in [0.05, 0.1) is 24.5 Å². The van der Waals surface area contributed by atoms with E-state index >= 15 is 0 Å². The fourth-order valence-corrected chi connectivity index (χ4v) is 3.59. The lowest BCUT2D eigenvalue weighted by Gasteiger charge is -2.12. The van der Waals surface area contributed by atoms with Crippen LogP contribution >= 0.6 is 11.6 Å².